The number of non-ortho nitro benzene ring substituents is 1. The zero-order valence-electron chi connectivity index (χ0n) is 17.0. The molecule has 1 heterocycles. The minimum absolute atomic E-state index is 0.0551. The van der Waals surface area contributed by atoms with Crippen LogP contribution >= 0.6 is 11.6 Å². The molecule has 4 rings (SSSR count). The summed E-state index contributed by atoms with van der Waals surface area (Å²) in [6.07, 6.45) is 0.642. The highest BCUT2D eigenvalue weighted by atomic mass is 35.5. The molecule has 3 aromatic carbocycles. The maximum absolute atomic E-state index is 12.6. The maximum Gasteiger partial charge on any atom is 0.269 e. The van der Waals surface area contributed by atoms with Gasteiger partial charge in [-0.25, -0.2) is 0 Å². The first kappa shape index (κ1) is 21.3. The largest absolute Gasteiger partial charge is 0.496 e. The van der Waals surface area contributed by atoms with Crippen molar-refractivity contribution >= 4 is 34.6 Å². The van der Waals surface area contributed by atoms with Crippen LogP contribution in [-0.4, -0.2) is 23.7 Å². The lowest BCUT2D eigenvalue weighted by Gasteiger charge is -2.11. The van der Waals surface area contributed by atoms with E-state index < -0.39 is 4.92 Å². The van der Waals surface area contributed by atoms with Crippen molar-refractivity contribution in [1.82, 2.24) is 5.43 Å². The van der Waals surface area contributed by atoms with E-state index in [4.69, 9.17) is 16.3 Å². The number of halogens is 1. The molecule has 0 saturated heterocycles. The van der Waals surface area contributed by atoms with Crippen LogP contribution in [0.1, 0.15) is 33.9 Å². The number of ether oxygens (including phenoxy) is 1. The van der Waals surface area contributed by atoms with E-state index in [1.807, 2.05) is 12.1 Å². The summed E-state index contributed by atoms with van der Waals surface area (Å²) in [5.74, 6) is 0.113. The van der Waals surface area contributed by atoms with Gasteiger partial charge in [-0.2, -0.15) is 5.10 Å². The second-order valence-electron chi connectivity index (χ2n) is 7.17. The number of carbonyl (C=O) groups is 1. The minimum atomic E-state index is -0.420. The van der Waals surface area contributed by atoms with Gasteiger partial charge >= 0.3 is 0 Å². The van der Waals surface area contributed by atoms with Crippen molar-refractivity contribution in [3.63, 3.8) is 0 Å². The smallest absolute Gasteiger partial charge is 0.269 e. The topological polar surface area (TPSA) is 106 Å². The number of hydrazone groups is 1. The number of amides is 1. The first-order valence-corrected chi connectivity index (χ1v) is 10.1. The van der Waals surface area contributed by atoms with Gasteiger partial charge in [0.25, 0.3) is 11.6 Å². The molecule has 0 aliphatic carbocycles. The second kappa shape index (κ2) is 9.07. The first-order valence-electron chi connectivity index (χ1n) is 9.76. The molecule has 3 aromatic rings. The molecule has 0 aromatic heterocycles. The molecule has 162 valence electrons. The van der Waals surface area contributed by atoms with Crippen LogP contribution in [0.2, 0.25) is 5.02 Å². The number of hydrogen-bond acceptors (Lipinski definition) is 6. The van der Waals surface area contributed by atoms with Crippen molar-refractivity contribution in [2.75, 3.05) is 12.4 Å². The fraction of sp³-hybridized carbons (Fsp3) is 0.130. The Morgan fingerprint density at radius 1 is 1.16 bits per heavy atom. The Bertz CT molecular complexity index is 1190. The highest BCUT2D eigenvalue weighted by Crippen LogP contribution is 2.27. The molecule has 1 aliphatic rings. The summed E-state index contributed by atoms with van der Waals surface area (Å²) in [6.45, 7) is 0. The highest BCUT2D eigenvalue weighted by molar-refractivity contribution is 6.31. The standard InChI is InChI=1S/C23H19ClN4O4/c1-32-22-11-6-16(24)12-19(22)23(29)25-17-7-2-14(3-8-17)20-13-21(27-26-20)15-4-9-18(10-5-15)28(30)31/h2-12,21,27H,13H2,1H3,(H,25,29). The van der Waals surface area contributed by atoms with E-state index >= 15 is 0 Å². The van der Waals surface area contributed by atoms with Crippen LogP contribution < -0.4 is 15.5 Å². The minimum Gasteiger partial charge on any atom is -0.496 e. The molecule has 9 heteroatoms. The monoisotopic (exact) mass is 450 g/mol. The van der Waals surface area contributed by atoms with Gasteiger partial charge in [-0.1, -0.05) is 35.9 Å². The van der Waals surface area contributed by atoms with Gasteiger partial charge in [-0.05, 0) is 41.5 Å². The molecule has 2 N–H and O–H groups in total. The van der Waals surface area contributed by atoms with E-state index in [1.165, 1.54) is 19.2 Å². The van der Waals surface area contributed by atoms with Gasteiger partial charge < -0.3 is 15.5 Å². The van der Waals surface area contributed by atoms with E-state index in [-0.39, 0.29) is 17.6 Å². The quantitative estimate of drug-likeness (QED) is 0.408. The number of nitrogens with one attached hydrogen (secondary N) is 2. The molecule has 0 bridgehead atoms. The van der Waals surface area contributed by atoms with E-state index in [1.54, 1.807) is 42.5 Å². The summed E-state index contributed by atoms with van der Waals surface area (Å²) in [6, 6.07) is 18.6. The molecule has 0 radical (unpaired) electrons. The number of benzene rings is 3. The Morgan fingerprint density at radius 2 is 1.88 bits per heavy atom. The molecule has 1 atom stereocenters. The third kappa shape index (κ3) is 4.55. The molecule has 8 nitrogen and oxygen atoms in total. The van der Waals surface area contributed by atoms with E-state index in [0.717, 1.165) is 16.8 Å². The van der Waals surface area contributed by atoms with Gasteiger partial charge in [0.15, 0.2) is 0 Å². The predicted octanol–water partition coefficient (Wildman–Crippen LogP) is 4.95. The summed E-state index contributed by atoms with van der Waals surface area (Å²) in [7, 11) is 1.50. The lowest BCUT2D eigenvalue weighted by atomic mass is 9.99. The zero-order valence-corrected chi connectivity index (χ0v) is 17.8. The number of nitro benzene ring substituents is 1. The zero-order chi connectivity index (χ0) is 22.7. The number of nitrogens with zero attached hydrogens (tertiary/aromatic N) is 2. The number of carbonyl (C=O) groups excluding carboxylic acids is 1. The molecular formula is C23H19ClN4O4. The molecule has 1 aliphatic heterocycles. The average Bonchev–Trinajstić information content (AvgIpc) is 3.30. The number of methoxy groups -OCH3 is 1. The molecule has 32 heavy (non-hydrogen) atoms. The van der Waals surface area contributed by atoms with Crippen molar-refractivity contribution in [3.05, 3.63) is 98.6 Å². The average molecular weight is 451 g/mol. The van der Waals surface area contributed by atoms with Gasteiger partial charge in [-0.15, -0.1) is 0 Å². The van der Waals surface area contributed by atoms with Crippen LogP contribution in [-0.2, 0) is 0 Å². The lowest BCUT2D eigenvalue weighted by molar-refractivity contribution is -0.384. The Kier molecular flexibility index (Phi) is 6.04. The number of nitro groups is 1. The normalized spacial score (nSPS) is 14.9. The maximum atomic E-state index is 12.6. The number of rotatable bonds is 6. The highest BCUT2D eigenvalue weighted by Gasteiger charge is 2.22. The van der Waals surface area contributed by atoms with E-state index in [9.17, 15) is 14.9 Å². The number of hydrogen-bond donors (Lipinski definition) is 2. The third-order valence-electron chi connectivity index (χ3n) is 5.14. The second-order valence-corrected chi connectivity index (χ2v) is 7.61. The first-order chi connectivity index (χ1) is 15.4. The van der Waals surface area contributed by atoms with Crippen LogP contribution in [0.25, 0.3) is 0 Å². The van der Waals surface area contributed by atoms with Gasteiger partial charge in [0.1, 0.15) is 5.75 Å². The van der Waals surface area contributed by atoms with Crippen LogP contribution in [0.15, 0.2) is 71.8 Å². The Balaban J connectivity index is 1.41. The summed E-state index contributed by atoms with van der Waals surface area (Å²) >= 11 is 6.01. The fourth-order valence-corrected chi connectivity index (χ4v) is 3.62. The van der Waals surface area contributed by atoms with Crippen LogP contribution in [0.5, 0.6) is 5.75 Å². The van der Waals surface area contributed by atoms with Gasteiger partial charge in [0, 0.05) is 29.3 Å². The molecule has 1 unspecified atom stereocenters. The SMILES string of the molecule is COc1ccc(Cl)cc1C(=O)Nc1ccc(C2=NNC(c3ccc([N+](=O)[O-])cc3)C2)cc1. The summed E-state index contributed by atoms with van der Waals surface area (Å²) < 4.78 is 5.24. The predicted molar refractivity (Wildman–Crippen MR) is 123 cm³/mol. The molecule has 0 spiro atoms. The van der Waals surface area contributed by atoms with Crippen molar-refractivity contribution in [1.29, 1.82) is 0 Å². The van der Waals surface area contributed by atoms with Crippen molar-refractivity contribution in [2.24, 2.45) is 5.10 Å². The van der Waals surface area contributed by atoms with Gasteiger partial charge in [0.05, 0.1) is 29.4 Å². The van der Waals surface area contributed by atoms with E-state index in [0.29, 0.717) is 28.4 Å². The lowest BCUT2D eigenvalue weighted by Crippen LogP contribution is -2.13. The van der Waals surface area contributed by atoms with Crippen LogP contribution in [0.4, 0.5) is 11.4 Å². The third-order valence-corrected chi connectivity index (χ3v) is 5.38. The molecule has 0 fully saturated rings. The molecular weight excluding hydrogens is 432 g/mol. The Hall–Kier alpha value is -3.91. The molecule has 1 amide bonds. The summed E-state index contributed by atoms with van der Waals surface area (Å²) in [5, 5.41) is 18.5. The molecule has 0 saturated carbocycles. The summed E-state index contributed by atoms with van der Waals surface area (Å²) in [4.78, 5) is 23.0. The summed E-state index contributed by atoms with van der Waals surface area (Å²) in [5.41, 5.74) is 6.81. The Labute approximate surface area is 189 Å². The van der Waals surface area contributed by atoms with Crippen molar-refractivity contribution in [2.45, 2.75) is 12.5 Å². The van der Waals surface area contributed by atoms with Gasteiger partial charge in [0.2, 0.25) is 0 Å². The number of anilines is 1. The fourth-order valence-electron chi connectivity index (χ4n) is 3.45. The Morgan fingerprint density at radius 3 is 2.53 bits per heavy atom. The van der Waals surface area contributed by atoms with Crippen molar-refractivity contribution in [3.8, 4) is 5.75 Å². The van der Waals surface area contributed by atoms with Crippen LogP contribution in [0.3, 0.4) is 0 Å². The van der Waals surface area contributed by atoms with Crippen molar-refractivity contribution < 1.29 is 14.5 Å². The van der Waals surface area contributed by atoms with Gasteiger partial charge in [-0.3, -0.25) is 14.9 Å². The van der Waals surface area contributed by atoms with E-state index in [2.05, 4.69) is 15.8 Å². The van der Waals surface area contributed by atoms with Crippen LogP contribution in [0, 0.1) is 10.1 Å².